The average Bonchev–Trinajstić information content (AvgIpc) is 2.76. The van der Waals surface area contributed by atoms with Crippen LogP contribution in [0.2, 0.25) is 0 Å². The molecule has 0 aliphatic carbocycles. The minimum absolute atomic E-state index is 0.301. The number of aliphatic carboxylic acids is 1. The van der Waals surface area contributed by atoms with E-state index in [4.69, 9.17) is 9.84 Å². The number of carboxylic acid groups (broad SMARTS) is 1. The molecule has 6 heteroatoms. The van der Waals surface area contributed by atoms with Crippen molar-refractivity contribution in [3.05, 3.63) is 29.6 Å². The van der Waals surface area contributed by atoms with Crippen LogP contribution in [0.15, 0.2) is 18.2 Å². The normalized spacial score (nSPS) is 22.2. The second-order valence-corrected chi connectivity index (χ2v) is 4.54. The summed E-state index contributed by atoms with van der Waals surface area (Å²) in [5, 5.41) is 11.3. The van der Waals surface area contributed by atoms with E-state index >= 15 is 0 Å². The molecule has 0 aromatic heterocycles. The van der Waals surface area contributed by atoms with E-state index < -0.39 is 29.9 Å². The second-order valence-electron chi connectivity index (χ2n) is 4.54. The van der Waals surface area contributed by atoms with Gasteiger partial charge in [0.25, 0.3) is 5.91 Å². The zero-order valence-electron chi connectivity index (χ0n) is 10.4. The van der Waals surface area contributed by atoms with Gasteiger partial charge in [-0.2, -0.15) is 0 Å². The Morgan fingerprint density at radius 1 is 1.32 bits per heavy atom. The fourth-order valence-corrected chi connectivity index (χ4v) is 2.04. The van der Waals surface area contributed by atoms with Crippen LogP contribution < -0.4 is 5.32 Å². The lowest BCUT2D eigenvalue weighted by atomic mass is 10.1. The lowest BCUT2D eigenvalue weighted by Crippen LogP contribution is -2.30. The molecular weight excluding hydrogens is 253 g/mol. The first-order valence-electron chi connectivity index (χ1n) is 5.92. The molecule has 0 radical (unpaired) electrons. The predicted molar refractivity (Wildman–Crippen MR) is 65.3 cm³/mol. The van der Waals surface area contributed by atoms with Crippen LogP contribution in [0.25, 0.3) is 0 Å². The first-order valence-corrected chi connectivity index (χ1v) is 5.92. The molecule has 19 heavy (non-hydrogen) atoms. The molecule has 1 aromatic carbocycles. The van der Waals surface area contributed by atoms with E-state index in [-0.39, 0.29) is 0 Å². The van der Waals surface area contributed by atoms with Crippen molar-refractivity contribution in [3.8, 4) is 0 Å². The van der Waals surface area contributed by atoms with E-state index in [0.29, 0.717) is 24.1 Å². The SMILES string of the molecule is Cc1cc(F)cc(NC(=O)[C@@H]2CC[C@H](C(=O)O)O2)c1. The third-order valence-corrected chi connectivity index (χ3v) is 2.90. The Hall–Kier alpha value is -1.95. The largest absolute Gasteiger partial charge is 0.479 e. The number of rotatable bonds is 3. The Morgan fingerprint density at radius 3 is 2.58 bits per heavy atom. The van der Waals surface area contributed by atoms with Crippen molar-refractivity contribution in [2.45, 2.75) is 32.0 Å². The van der Waals surface area contributed by atoms with Gasteiger partial charge in [-0.1, -0.05) is 0 Å². The summed E-state index contributed by atoms with van der Waals surface area (Å²) in [5.74, 6) is -1.96. The van der Waals surface area contributed by atoms with Crippen molar-refractivity contribution in [3.63, 3.8) is 0 Å². The second kappa shape index (κ2) is 5.36. The number of halogens is 1. The standard InChI is InChI=1S/C13H14FNO4/c1-7-4-8(14)6-9(5-7)15-12(16)10-2-3-11(19-10)13(17)18/h4-6,10-11H,2-3H2,1H3,(H,15,16)(H,17,18)/t10-,11+/m0/s1. The molecule has 1 aliphatic rings. The molecule has 1 heterocycles. The number of aryl methyl sites for hydroxylation is 1. The number of ether oxygens (including phenoxy) is 1. The fraction of sp³-hybridized carbons (Fsp3) is 0.385. The van der Waals surface area contributed by atoms with E-state index in [1.807, 2.05) is 0 Å². The highest BCUT2D eigenvalue weighted by Crippen LogP contribution is 2.22. The van der Waals surface area contributed by atoms with Crippen LogP contribution >= 0.6 is 0 Å². The average molecular weight is 267 g/mol. The highest BCUT2D eigenvalue weighted by molar-refractivity contribution is 5.94. The number of benzene rings is 1. The van der Waals surface area contributed by atoms with Crippen LogP contribution in [-0.4, -0.2) is 29.2 Å². The number of hydrogen-bond donors (Lipinski definition) is 2. The van der Waals surface area contributed by atoms with Gasteiger partial charge in [0.05, 0.1) is 0 Å². The molecule has 0 bridgehead atoms. The molecule has 0 unspecified atom stereocenters. The van der Waals surface area contributed by atoms with E-state index in [1.165, 1.54) is 12.1 Å². The molecule has 0 saturated carbocycles. The van der Waals surface area contributed by atoms with Crippen LogP contribution in [0, 0.1) is 12.7 Å². The first-order chi connectivity index (χ1) is 8.95. The number of anilines is 1. The molecule has 5 nitrogen and oxygen atoms in total. The Balaban J connectivity index is 2.00. The van der Waals surface area contributed by atoms with Gasteiger partial charge in [0.1, 0.15) is 11.9 Å². The summed E-state index contributed by atoms with van der Waals surface area (Å²) in [4.78, 5) is 22.6. The van der Waals surface area contributed by atoms with Crippen molar-refractivity contribution in [1.29, 1.82) is 0 Å². The monoisotopic (exact) mass is 267 g/mol. The van der Waals surface area contributed by atoms with Crippen molar-refractivity contribution in [1.82, 2.24) is 0 Å². The molecule has 2 rings (SSSR count). The zero-order valence-corrected chi connectivity index (χ0v) is 10.4. The Labute approximate surface area is 109 Å². The Kier molecular flexibility index (Phi) is 3.80. The summed E-state index contributed by atoms with van der Waals surface area (Å²) in [6.45, 7) is 1.71. The highest BCUT2D eigenvalue weighted by Gasteiger charge is 2.34. The highest BCUT2D eigenvalue weighted by atomic mass is 19.1. The van der Waals surface area contributed by atoms with Gasteiger partial charge in [-0.05, 0) is 43.5 Å². The van der Waals surface area contributed by atoms with Crippen LogP contribution in [-0.2, 0) is 14.3 Å². The van der Waals surface area contributed by atoms with Gasteiger partial charge in [-0.25, -0.2) is 9.18 Å². The van der Waals surface area contributed by atoms with Crippen LogP contribution in [0.1, 0.15) is 18.4 Å². The number of carbonyl (C=O) groups excluding carboxylic acids is 1. The first kappa shape index (κ1) is 13.5. The molecule has 1 aromatic rings. The molecule has 1 amide bonds. The number of carbonyl (C=O) groups is 2. The molecule has 1 fully saturated rings. The van der Waals surface area contributed by atoms with Gasteiger partial charge >= 0.3 is 5.97 Å². The van der Waals surface area contributed by atoms with Gasteiger partial charge < -0.3 is 15.2 Å². The van der Waals surface area contributed by atoms with Gasteiger partial charge in [0.2, 0.25) is 0 Å². The maximum atomic E-state index is 13.2. The van der Waals surface area contributed by atoms with Crippen molar-refractivity contribution >= 4 is 17.6 Å². The maximum absolute atomic E-state index is 13.2. The third-order valence-electron chi connectivity index (χ3n) is 2.90. The molecule has 102 valence electrons. The summed E-state index contributed by atoms with van der Waals surface area (Å²) in [6, 6.07) is 4.18. The minimum Gasteiger partial charge on any atom is -0.479 e. The van der Waals surface area contributed by atoms with E-state index in [1.54, 1.807) is 13.0 Å². The molecule has 2 atom stereocenters. The van der Waals surface area contributed by atoms with Gasteiger partial charge in [0, 0.05) is 5.69 Å². The van der Waals surface area contributed by atoms with Crippen LogP contribution in [0.4, 0.5) is 10.1 Å². The fourth-order valence-electron chi connectivity index (χ4n) is 2.04. The lowest BCUT2D eigenvalue weighted by Gasteiger charge is -2.12. The molecule has 0 spiro atoms. The summed E-state index contributed by atoms with van der Waals surface area (Å²) in [6.07, 6.45) is -1.10. The van der Waals surface area contributed by atoms with Gasteiger partial charge in [-0.3, -0.25) is 4.79 Å². The molecule has 1 aliphatic heterocycles. The van der Waals surface area contributed by atoms with E-state index in [9.17, 15) is 14.0 Å². The summed E-state index contributed by atoms with van der Waals surface area (Å²) in [7, 11) is 0. The minimum atomic E-state index is -1.07. The van der Waals surface area contributed by atoms with E-state index in [0.717, 1.165) is 0 Å². The summed E-state index contributed by atoms with van der Waals surface area (Å²) < 4.78 is 18.3. The van der Waals surface area contributed by atoms with Crippen molar-refractivity contribution < 1.29 is 23.8 Å². The number of nitrogens with one attached hydrogen (secondary N) is 1. The quantitative estimate of drug-likeness (QED) is 0.874. The van der Waals surface area contributed by atoms with Gasteiger partial charge in [-0.15, -0.1) is 0 Å². The number of amides is 1. The van der Waals surface area contributed by atoms with Gasteiger partial charge in [0.15, 0.2) is 6.10 Å². The number of carboxylic acids is 1. The summed E-state index contributed by atoms with van der Waals surface area (Å²) in [5.41, 5.74) is 1.02. The Morgan fingerprint density at radius 2 is 2.00 bits per heavy atom. The van der Waals surface area contributed by atoms with Crippen molar-refractivity contribution in [2.75, 3.05) is 5.32 Å². The summed E-state index contributed by atoms with van der Waals surface area (Å²) >= 11 is 0. The smallest absolute Gasteiger partial charge is 0.332 e. The molecule has 1 saturated heterocycles. The molecular formula is C13H14FNO4. The predicted octanol–water partition coefficient (Wildman–Crippen LogP) is 1.70. The molecule has 2 N–H and O–H groups in total. The Bertz CT molecular complexity index is 497. The number of hydrogen-bond acceptors (Lipinski definition) is 3. The lowest BCUT2D eigenvalue weighted by molar-refractivity contribution is -0.150. The van der Waals surface area contributed by atoms with Crippen LogP contribution in [0.3, 0.4) is 0 Å². The topological polar surface area (TPSA) is 75.6 Å². The zero-order chi connectivity index (χ0) is 14.0. The third kappa shape index (κ3) is 3.29. The van der Waals surface area contributed by atoms with E-state index in [2.05, 4.69) is 5.32 Å². The van der Waals surface area contributed by atoms with Crippen LogP contribution in [0.5, 0.6) is 0 Å². The maximum Gasteiger partial charge on any atom is 0.332 e. The van der Waals surface area contributed by atoms with Crippen molar-refractivity contribution in [2.24, 2.45) is 0 Å².